The van der Waals surface area contributed by atoms with Crippen LogP contribution in [-0.2, 0) is 0 Å². The van der Waals surface area contributed by atoms with E-state index >= 15 is 0 Å². The molecule has 0 bridgehead atoms. The summed E-state index contributed by atoms with van der Waals surface area (Å²) in [4.78, 5) is 2.07. The quantitative estimate of drug-likeness (QED) is 0.637. The molecule has 0 aliphatic heterocycles. The average Bonchev–Trinajstić information content (AvgIpc) is 2.53. The largest absolute Gasteiger partial charge is 0.508 e. The minimum Gasteiger partial charge on any atom is -0.508 e. The van der Waals surface area contributed by atoms with E-state index in [4.69, 9.17) is 11.5 Å². The number of nitrogens with two attached hydrogens (primary N) is 2. The molecule has 0 saturated heterocycles. The van der Waals surface area contributed by atoms with Crippen LogP contribution < -0.4 is 16.4 Å². The van der Waals surface area contributed by atoms with Crippen LogP contribution in [0, 0.1) is 0 Å². The maximum atomic E-state index is 9.50. The number of nitrogens with zero attached hydrogens (tertiary/aromatic N) is 1. The van der Waals surface area contributed by atoms with Crippen LogP contribution in [0.15, 0.2) is 72.8 Å². The van der Waals surface area contributed by atoms with Gasteiger partial charge in [-0.3, -0.25) is 0 Å². The second kappa shape index (κ2) is 5.69. The number of aromatic hydroxyl groups is 1. The predicted octanol–water partition coefficient (Wildman–Crippen LogP) is 4.03. The molecule has 0 unspecified atom stereocenters. The Labute approximate surface area is 129 Å². The van der Waals surface area contributed by atoms with Crippen molar-refractivity contribution in [2.75, 3.05) is 16.4 Å². The first kappa shape index (κ1) is 13.8. The summed E-state index contributed by atoms with van der Waals surface area (Å²) in [6.45, 7) is 0. The number of phenols is 1. The molecule has 0 spiro atoms. The van der Waals surface area contributed by atoms with Crippen molar-refractivity contribution in [3.05, 3.63) is 72.8 Å². The highest BCUT2D eigenvalue weighted by atomic mass is 16.3. The molecule has 4 nitrogen and oxygen atoms in total. The molecule has 110 valence electrons. The monoisotopic (exact) mass is 291 g/mol. The number of nitrogen functional groups attached to an aromatic ring is 2. The van der Waals surface area contributed by atoms with E-state index in [1.54, 1.807) is 12.1 Å². The predicted molar refractivity (Wildman–Crippen MR) is 91.6 cm³/mol. The molecule has 22 heavy (non-hydrogen) atoms. The van der Waals surface area contributed by atoms with Crippen molar-refractivity contribution in [2.45, 2.75) is 0 Å². The standard InChI is InChI=1S/C18H17N3O/c19-13-1-5-15(6-2-13)21(16-7-3-14(20)4-8-16)17-9-11-18(22)12-10-17/h1-12,22H,19-20H2. The van der Waals surface area contributed by atoms with E-state index < -0.39 is 0 Å². The first-order valence-corrected chi connectivity index (χ1v) is 6.94. The van der Waals surface area contributed by atoms with E-state index in [9.17, 15) is 5.11 Å². The molecule has 0 atom stereocenters. The van der Waals surface area contributed by atoms with Gasteiger partial charge in [-0.25, -0.2) is 0 Å². The van der Waals surface area contributed by atoms with Gasteiger partial charge >= 0.3 is 0 Å². The molecule has 0 saturated carbocycles. The number of anilines is 5. The Hall–Kier alpha value is -3.14. The first-order valence-electron chi connectivity index (χ1n) is 6.94. The molecular weight excluding hydrogens is 274 g/mol. The third kappa shape index (κ3) is 2.81. The van der Waals surface area contributed by atoms with E-state index in [1.165, 1.54) is 0 Å². The molecule has 4 heteroatoms. The van der Waals surface area contributed by atoms with Crippen LogP contribution in [0.4, 0.5) is 28.4 Å². The van der Waals surface area contributed by atoms with Gasteiger partial charge in [0.1, 0.15) is 5.75 Å². The molecule has 0 aliphatic rings. The summed E-state index contributed by atoms with van der Waals surface area (Å²) >= 11 is 0. The Balaban J connectivity index is 2.10. The molecule has 0 fully saturated rings. The summed E-state index contributed by atoms with van der Waals surface area (Å²) in [6, 6.07) is 22.3. The molecule has 3 aromatic carbocycles. The maximum absolute atomic E-state index is 9.50. The van der Waals surface area contributed by atoms with Crippen molar-refractivity contribution in [2.24, 2.45) is 0 Å². The second-order valence-corrected chi connectivity index (χ2v) is 5.03. The number of hydrogen-bond donors (Lipinski definition) is 3. The zero-order chi connectivity index (χ0) is 15.5. The van der Waals surface area contributed by atoms with Crippen molar-refractivity contribution in [1.29, 1.82) is 0 Å². The van der Waals surface area contributed by atoms with Gasteiger partial charge in [0.05, 0.1) is 0 Å². The molecule has 5 N–H and O–H groups in total. The molecule has 0 radical (unpaired) electrons. The highest BCUT2D eigenvalue weighted by Gasteiger charge is 2.12. The second-order valence-electron chi connectivity index (χ2n) is 5.03. The Morgan fingerprint density at radius 1 is 0.545 bits per heavy atom. The van der Waals surface area contributed by atoms with Gasteiger partial charge in [0.2, 0.25) is 0 Å². The molecule has 0 heterocycles. The van der Waals surface area contributed by atoms with Crippen LogP contribution in [0.1, 0.15) is 0 Å². The SMILES string of the molecule is Nc1ccc(N(c2ccc(N)cc2)c2ccc(O)cc2)cc1. The Morgan fingerprint density at radius 3 is 1.23 bits per heavy atom. The van der Waals surface area contributed by atoms with Crippen LogP contribution in [0.5, 0.6) is 5.75 Å². The van der Waals surface area contributed by atoms with Crippen molar-refractivity contribution in [1.82, 2.24) is 0 Å². The van der Waals surface area contributed by atoms with Gasteiger partial charge in [-0.2, -0.15) is 0 Å². The van der Waals surface area contributed by atoms with Crippen LogP contribution in [0.2, 0.25) is 0 Å². The number of rotatable bonds is 3. The van der Waals surface area contributed by atoms with Gasteiger partial charge in [0.25, 0.3) is 0 Å². The summed E-state index contributed by atoms with van der Waals surface area (Å²) in [5.74, 6) is 0.235. The van der Waals surface area contributed by atoms with Gasteiger partial charge in [0.15, 0.2) is 0 Å². The molecule has 0 amide bonds. The summed E-state index contributed by atoms with van der Waals surface area (Å²) in [6.07, 6.45) is 0. The zero-order valence-electron chi connectivity index (χ0n) is 12.0. The van der Waals surface area contributed by atoms with Crippen molar-refractivity contribution < 1.29 is 5.11 Å². The van der Waals surface area contributed by atoms with E-state index in [0.717, 1.165) is 17.1 Å². The minimum absolute atomic E-state index is 0.235. The summed E-state index contributed by atoms with van der Waals surface area (Å²) in [7, 11) is 0. The Kier molecular flexibility index (Phi) is 3.58. The summed E-state index contributed by atoms with van der Waals surface area (Å²) in [5.41, 5.74) is 15.9. The number of hydrogen-bond acceptors (Lipinski definition) is 4. The smallest absolute Gasteiger partial charge is 0.115 e. The molecule has 3 aromatic rings. The van der Waals surface area contributed by atoms with Crippen LogP contribution in [-0.4, -0.2) is 5.11 Å². The third-order valence-electron chi connectivity index (χ3n) is 3.41. The summed E-state index contributed by atoms with van der Waals surface area (Å²) < 4.78 is 0. The Morgan fingerprint density at radius 2 is 0.864 bits per heavy atom. The van der Waals surface area contributed by atoms with Crippen molar-refractivity contribution in [3.8, 4) is 5.75 Å². The zero-order valence-corrected chi connectivity index (χ0v) is 12.0. The lowest BCUT2D eigenvalue weighted by Crippen LogP contribution is -2.09. The van der Waals surface area contributed by atoms with Gasteiger partial charge in [-0.15, -0.1) is 0 Å². The van der Waals surface area contributed by atoms with Crippen LogP contribution >= 0.6 is 0 Å². The minimum atomic E-state index is 0.235. The molecule has 0 aliphatic carbocycles. The van der Waals surface area contributed by atoms with Crippen molar-refractivity contribution >= 4 is 28.4 Å². The van der Waals surface area contributed by atoms with Crippen LogP contribution in [0.3, 0.4) is 0 Å². The van der Waals surface area contributed by atoms with Gasteiger partial charge in [0, 0.05) is 28.4 Å². The lowest BCUT2D eigenvalue weighted by Gasteiger charge is -2.25. The van der Waals surface area contributed by atoms with Gasteiger partial charge in [-0.1, -0.05) is 0 Å². The van der Waals surface area contributed by atoms with E-state index in [-0.39, 0.29) is 5.75 Å². The van der Waals surface area contributed by atoms with E-state index in [1.807, 2.05) is 60.7 Å². The maximum Gasteiger partial charge on any atom is 0.115 e. The lowest BCUT2D eigenvalue weighted by atomic mass is 10.1. The molecule has 3 rings (SSSR count). The molecule has 0 aromatic heterocycles. The fourth-order valence-electron chi connectivity index (χ4n) is 2.30. The lowest BCUT2D eigenvalue weighted by molar-refractivity contribution is 0.475. The Bertz CT molecular complexity index is 642. The fraction of sp³-hybridized carbons (Fsp3) is 0. The third-order valence-corrected chi connectivity index (χ3v) is 3.41. The van der Waals surface area contributed by atoms with Gasteiger partial charge in [-0.05, 0) is 72.8 Å². The highest BCUT2D eigenvalue weighted by Crippen LogP contribution is 2.35. The topological polar surface area (TPSA) is 75.5 Å². The first-order chi connectivity index (χ1) is 10.6. The van der Waals surface area contributed by atoms with Gasteiger partial charge < -0.3 is 21.5 Å². The van der Waals surface area contributed by atoms with Crippen molar-refractivity contribution in [3.63, 3.8) is 0 Å². The molecular formula is C18H17N3O. The fourth-order valence-corrected chi connectivity index (χ4v) is 2.30. The highest BCUT2D eigenvalue weighted by molar-refractivity contribution is 5.77. The summed E-state index contributed by atoms with van der Waals surface area (Å²) in [5, 5.41) is 9.50. The number of phenolic OH excluding ortho intramolecular Hbond substituents is 1. The average molecular weight is 291 g/mol. The van der Waals surface area contributed by atoms with Crippen LogP contribution in [0.25, 0.3) is 0 Å². The van der Waals surface area contributed by atoms with E-state index in [2.05, 4.69) is 4.90 Å². The normalized spacial score (nSPS) is 10.4. The number of benzene rings is 3. The van der Waals surface area contributed by atoms with E-state index in [0.29, 0.717) is 11.4 Å².